The standard InChI is InChI=1S/C15H22N2O.ClH/c18-15(9-12-17-10-5-2-6-11-17)16-13-14-7-3-1-4-8-14;/h1,3-4,7-8H,2,5-6,9-13H2,(H,16,18);1H. The molecule has 1 saturated heterocycles. The van der Waals surface area contributed by atoms with Gasteiger partial charge in [-0.3, -0.25) is 4.79 Å². The van der Waals surface area contributed by atoms with Crippen molar-refractivity contribution >= 4 is 18.3 Å². The Morgan fingerprint density at radius 2 is 1.79 bits per heavy atom. The lowest BCUT2D eigenvalue weighted by molar-refractivity contribution is -0.121. The number of carbonyl (C=O) groups is 1. The third-order valence-electron chi connectivity index (χ3n) is 3.44. The quantitative estimate of drug-likeness (QED) is 0.900. The summed E-state index contributed by atoms with van der Waals surface area (Å²) in [6.07, 6.45) is 4.53. The van der Waals surface area contributed by atoms with Gasteiger partial charge in [-0.25, -0.2) is 0 Å². The SMILES string of the molecule is Cl.O=C(CCN1CCCCC1)NCc1ccccc1. The molecule has 1 aliphatic rings. The van der Waals surface area contributed by atoms with Crippen LogP contribution in [0.2, 0.25) is 0 Å². The minimum absolute atomic E-state index is 0. The van der Waals surface area contributed by atoms with Gasteiger partial charge in [0, 0.05) is 19.5 Å². The monoisotopic (exact) mass is 282 g/mol. The van der Waals surface area contributed by atoms with Crippen LogP contribution >= 0.6 is 12.4 Å². The first-order chi connectivity index (χ1) is 8.84. The predicted octanol–water partition coefficient (Wildman–Crippen LogP) is 2.60. The van der Waals surface area contributed by atoms with E-state index < -0.39 is 0 Å². The van der Waals surface area contributed by atoms with Crippen molar-refractivity contribution in [3.63, 3.8) is 0 Å². The van der Waals surface area contributed by atoms with Crippen molar-refractivity contribution in [2.24, 2.45) is 0 Å². The number of amides is 1. The number of hydrogen-bond acceptors (Lipinski definition) is 2. The van der Waals surface area contributed by atoms with E-state index in [9.17, 15) is 4.79 Å². The van der Waals surface area contributed by atoms with E-state index in [4.69, 9.17) is 0 Å². The molecule has 0 aromatic heterocycles. The first-order valence-corrected chi connectivity index (χ1v) is 6.87. The van der Waals surface area contributed by atoms with Crippen LogP contribution in [0.25, 0.3) is 0 Å². The van der Waals surface area contributed by atoms with Crippen LogP contribution in [0, 0.1) is 0 Å². The molecule has 1 fully saturated rings. The molecule has 1 heterocycles. The molecule has 1 amide bonds. The molecule has 1 aromatic rings. The molecular formula is C15H23ClN2O. The van der Waals surface area contributed by atoms with Crippen molar-refractivity contribution in [3.8, 4) is 0 Å². The molecule has 0 bridgehead atoms. The summed E-state index contributed by atoms with van der Waals surface area (Å²) in [4.78, 5) is 14.1. The van der Waals surface area contributed by atoms with Gasteiger partial charge in [-0.1, -0.05) is 36.8 Å². The molecule has 2 rings (SSSR count). The summed E-state index contributed by atoms with van der Waals surface area (Å²) >= 11 is 0. The van der Waals surface area contributed by atoms with Crippen LogP contribution in [0.15, 0.2) is 30.3 Å². The molecule has 0 unspecified atom stereocenters. The van der Waals surface area contributed by atoms with Gasteiger partial charge >= 0.3 is 0 Å². The van der Waals surface area contributed by atoms with E-state index in [1.807, 2.05) is 30.3 Å². The summed E-state index contributed by atoms with van der Waals surface area (Å²) in [5.74, 6) is 0.157. The molecule has 1 aromatic carbocycles. The summed E-state index contributed by atoms with van der Waals surface area (Å²) in [5.41, 5.74) is 1.16. The summed E-state index contributed by atoms with van der Waals surface area (Å²) in [6.45, 7) is 3.86. The third-order valence-corrected chi connectivity index (χ3v) is 3.44. The minimum atomic E-state index is 0. The Balaban J connectivity index is 0.00000180. The number of halogens is 1. The maximum absolute atomic E-state index is 11.7. The van der Waals surface area contributed by atoms with Gasteiger partial charge < -0.3 is 10.2 Å². The summed E-state index contributed by atoms with van der Waals surface area (Å²) in [7, 11) is 0. The van der Waals surface area contributed by atoms with E-state index in [0.717, 1.165) is 25.2 Å². The number of hydrogen-bond donors (Lipinski definition) is 1. The van der Waals surface area contributed by atoms with Crippen molar-refractivity contribution in [2.75, 3.05) is 19.6 Å². The maximum Gasteiger partial charge on any atom is 0.221 e. The number of benzene rings is 1. The molecule has 19 heavy (non-hydrogen) atoms. The molecule has 0 aliphatic carbocycles. The number of piperidine rings is 1. The van der Waals surface area contributed by atoms with Crippen LogP contribution in [0.1, 0.15) is 31.2 Å². The van der Waals surface area contributed by atoms with Crippen LogP contribution in [0.4, 0.5) is 0 Å². The number of nitrogens with one attached hydrogen (secondary N) is 1. The largest absolute Gasteiger partial charge is 0.352 e. The summed E-state index contributed by atoms with van der Waals surface area (Å²) in [6, 6.07) is 10.0. The highest BCUT2D eigenvalue weighted by molar-refractivity contribution is 5.85. The number of nitrogens with zero attached hydrogens (tertiary/aromatic N) is 1. The Morgan fingerprint density at radius 1 is 1.11 bits per heavy atom. The second kappa shape index (κ2) is 8.94. The van der Waals surface area contributed by atoms with Crippen molar-refractivity contribution in [1.29, 1.82) is 0 Å². The van der Waals surface area contributed by atoms with Gasteiger partial charge in [-0.15, -0.1) is 12.4 Å². The zero-order valence-electron chi connectivity index (χ0n) is 11.3. The Hall–Kier alpha value is -1.06. The van der Waals surface area contributed by atoms with E-state index in [1.165, 1.54) is 19.3 Å². The van der Waals surface area contributed by atoms with Gasteiger partial charge in [0.05, 0.1) is 0 Å². The van der Waals surface area contributed by atoms with Crippen molar-refractivity contribution in [1.82, 2.24) is 10.2 Å². The van der Waals surface area contributed by atoms with Gasteiger partial charge in [0.2, 0.25) is 5.91 Å². The normalized spacial score (nSPS) is 15.6. The number of rotatable bonds is 5. The average molecular weight is 283 g/mol. The van der Waals surface area contributed by atoms with Gasteiger partial charge in [-0.05, 0) is 31.5 Å². The average Bonchev–Trinajstić information content (AvgIpc) is 2.45. The van der Waals surface area contributed by atoms with Crippen LogP contribution in [0.3, 0.4) is 0 Å². The molecular weight excluding hydrogens is 260 g/mol. The first kappa shape index (κ1) is 16.0. The zero-order chi connectivity index (χ0) is 12.6. The zero-order valence-corrected chi connectivity index (χ0v) is 12.1. The Kier molecular flexibility index (Phi) is 7.53. The van der Waals surface area contributed by atoms with Gasteiger partial charge in [0.25, 0.3) is 0 Å². The van der Waals surface area contributed by atoms with E-state index in [1.54, 1.807) is 0 Å². The van der Waals surface area contributed by atoms with E-state index in [2.05, 4.69) is 10.2 Å². The molecule has 1 N–H and O–H groups in total. The summed E-state index contributed by atoms with van der Waals surface area (Å²) in [5, 5.41) is 2.97. The minimum Gasteiger partial charge on any atom is -0.352 e. The Morgan fingerprint density at radius 3 is 2.47 bits per heavy atom. The van der Waals surface area contributed by atoms with Crippen molar-refractivity contribution < 1.29 is 4.79 Å². The van der Waals surface area contributed by atoms with Crippen LogP contribution in [0.5, 0.6) is 0 Å². The lowest BCUT2D eigenvalue weighted by Gasteiger charge is -2.25. The van der Waals surface area contributed by atoms with E-state index >= 15 is 0 Å². The third kappa shape index (κ3) is 6.08. The highest BCUT2D eigenvalue weighted by atomic mass is 35.5. The molecule has 0 spiro atoms. The van der Waals surface area contributed by atoms with Crippen molar-refractivity contribution in [2.45, 2.75) is 32.2 Å². The second-order valence-corrected chi connectivity index (χ2v) is 4.91. The predicted molar refractivity (Wildman–Crippen MR) is 80.4 cm³/mol. The lowest BCUT2D eigenvalue weighted by Crippen LogP contribution is -2.34. The maximum atomic E-state index is 11.7. The lowest BCUT2D eigenvalue weighted by atomic mass is 10.1. The number of carbonyl (C=O) groups excluding carboxylic acids is 1. The van der Waals surface area contributed by atoms with E-state index in [-0.39, 0.29) is 18.3 Å². The Labute approximate surface area is 121 Å². The molecule has 0 atom stereocenters. The second-order valence-electron chi connectivity index (χ2n) is 4.91. The Bertz CT molecular complexity index is 364. The van der Waals surface area contributed by atoms with Gasteiger partial charge in [-0.2, -0.15) is 0 Å². The molecule has 0 radical (unpaired) electrons. The van der Waals surface area contributed by atoms with Crippen LogP contribution < -0.4 is 5.32 Å². The molecule has 3 nitrogen and oxygen atoms in total. The van der Waals surface area contributed by atoms with Crippen LogP contribution in [-0.2, 0) is 11.3 Å². The fourth-order valence-corrected chi connectivity index (χ4v) is 2.33. The fraction of sp³-hybridized carbons (Fsp3) is 0.533. The molecule has 4 heteroatoms. The fourth-order valence-electron chi connectivity index (χ4n) is 2.33. The smallest absolute Gasteiger partial charge is 0.221 e. The first-order valence-electron chi connectivity index (χ1n) is 6.87. The molecule has 106 valence electrons. The van der Waals surface area contributed by atoms with Gasteiger partial charge in [0.15, 0.2) is 0 Å². The molecule has 1 aliphatic heterocycles. The van der Waals surface area contributed by atoms with E-state index in [0.29, 0.717) is 13.0 Å². The highest BCUT2D eigenvalue weighted by Gasteiger charge is 2.11. The number of likely N-dealkylation sites (tertiary alicyclic amines) is 1. The topological polar surface area (TPSA) is 32.3 Å². The van der Waals surface area contributed by atoms with Gasteiger partial charge in [0.1, 0.15) is 0 Å². The van der Waals surface area contributed by atoms with Crippen molar-refractivity contribution in [3.05, 3.63) is 35.9 Å². The summed E-state index contributed by atoms with van der Waals surface area (Å²) < 4.78 is 0. The highest BCUT2D eigenvalue weighted by Crippen LogP contribution is 2.08. The molecule has 0 saturated carbocycles. The van der Waals surface area contributed by atoms with Crippen LogP contribution in [-0.4, -0.2) is 30.4 Å².